The molecule has 0 heterocycles. The Morgan fingerprint density at radius 1 is 1.15 bits per heavy atom. The first-order valence-corrected chi connectivity index (χ1v) is 14.0. The van der Waals surface area contributed by atoms with Crippen molar-refractivity contribution in [1.29, 1.82) is 0 Å². The van der Waals surface area contributed by atoms with E-state index < -0.39 is 5.60 Å². The molecule has 0 aliphatic heterocycles. The molecule has 2 atom stereocenters. The molecule has 0 amide bonds. The molecular formula is C37H41NO. The third-order valence-corrected chi connectivity index (χ3v) is 7.76. The van der Waals surface area contributed by atoms with E-state index in [2.05, 4.69) is 105 Å². The average Bonchev–Trinajstić information content (AvgIpc) is 3.18. The van der Waals surface area contributed by atoms with Crippen molar-refractivity contribution in [1.82, 2.24) is 5.32 Å². The Bertz CT molecular complexity index is 1450. The molecule has 2 nitrogen and oxygen atoms in total. The first-order valence-electron chi connectivity index (χ1n) is 14.0. The van der Waals surface area contributed by atoms with Crippen LogP contribution in [0.4, 0.5) is 0 Å². The molecule has 0 bridgehead atoms. The van der Waals surface area contributed by atoms with E-state index in [0.29, 0.717) is 18.9 Å². The van der Waals surface area contributed by atoms with Gasteiger partial charge in [-0.25, -0.2) is 0 Å². The minimum Gasteiger partial charge on any atom is -0.383 e. The Morgan fingerprint density at radius 3 is 2.62 bits per heavy atom. The van der Waals surface area contributed by atoms with Gasteiger partial charge in [0, 0.05) is 11.5 Å². The summed E-state index contributed by atoms with van der Waals surface area (Å²) in [7, 11) is 1.93. The standard InChI is InChI=1S/C37H41NO/c1-26(2)31-21-20-28(5)32(24-31)25-34(27(3)4)36(30-15-10-7-11-16-30)37(39,22-23-38-6)35-19-13-17-29-14-9-8-12-18-33(29)35/h7-8,10-12,14-18,20-21,24-26,36,38-39H,3,9,22-23H2,1-2,4-6H3/b34-25+/t36?,37-/m1/s1. The number of aliphatic hydroxyl groups is 1. The van der Waals surface area contributed by atoms with Crippen LogP contribution in [0.15, 0.2) is 125 Å². The summed E-state index contributed by atoms with van der Waals surface area (Å²) in [5, 5.41) is 16.3. The first-order chi connectivity index (χ1) is 18.8. The van der Waals surface area contributed by atoms with E-state index in [1.54, 1.807) is 0 Å². The van der Waals surface area contributed by atoms with Gasteiger partial charge in [0.15, 0.2) is 0 Å². The lowest BCUT2D eigenvalue weighted by molar-refractivity contribution is 0.0548. The van der Waals surface area contributed by atoms with Crippen molar-refractivity contribution in [2.24, 2.45) is 0 Å². The molecule has 2 aliphatic rings. The van der Waals surface area contributed by atoms with Crippen LogP contribution < -0.4 is 5.32 Å². The Hall–Kier alpha value is -3.64. The van der Waals surface area contributed by atoms with Gasteiger partial charge in [0.1, 0.15) is 5.60 Å². The summed E-state index contributed by atoms with van der Waals surface area (Å²) in [6, 6.07) is 17.0. The Morgan fingerprint density at radius 2 is 1.92 bits per heavy atom. The molecule has 2 N–H and O–H groups in total. The number of aryl methyl sites for hydroxylation is 1. The maximum absolute atomic E-state index is 13.1. The Balaban J connectivity index is 2.01. The second-order valence-corrected chi connectivity index (χ2v) is 11.0. The van der Waals surface area contributed by atoms with Gasteiger partial charge in [0.25, 0.3) is 0 Å². The molecule has 0 aromatic heterocycles. The maximum atomic E-state index is 13.1. The molecule has 4 rings (SSSR count). The molecule has 1 unspecified atom stereocenters. The summed E-state index contributed by atoms with van der Waals surface area (Å²) in [5.74, 6) is 0.0525. The largest absolute Gasteiger partial charge is 0.383 e. The van der Waals surface area contributed by atoms with Crippen LogP contribution in [0.2, 0.25) is 0 Å². The summed E-state index contributed by atoms with van der Waals surface area (Å²) in [4.78, 5) is 0. The molecule has 200 valence electrons. The smallest absolute Gasteiger partial charge is 0.110 e. The predicted octanol–water partition coefficient (Wildman–Crippen LogP) is 8.27. The Kier molecular flexibility index (Phi) is 9.08. The van der Waals surface area contributed by atoms with Crippen molar-refractivity contribution in [2.75, 3.05) is 13.6 Å². The third kappa shape index (κ3) is 6.17. The van der Waals surface area contributed by atoms with Gasteiger partial charge >= 0.3 is 0 Å². The van der Waals surface area contributed by atoms with Crippen LogP contribution in [0.3, 0.4) is 0 Å². The Labute approximate surface area is 234 Å². The monoisotopic (exact) mass is 515 g/mol. The van der Waals surface area contributed by atoms with E-state index in [4.69, 9.17) is 0 Å². The summed E-state index contributed by atoms with van der Waals surface area (Å²) in [5.41, 5.74) is 14.8. The van der Waals surface area contributed by atoms with E-state index in [0.717, 1.165) is 45.4 Å². The lowest BCUT2D eigenvalue weighted by Crippen LogP contribution is -2.42. The highest BCUT2D eigenvalue weighted by atomic mass is 16.3. The molecule has 2 aromatic carbocycles. The van der Waals surface area contributed by atoms with E-state index in [9.17, 15) is 5.11 Å². The normalized spacial score (nSPS) is 17.1. The summed E-state index contributed by atoms with van der Waals surface area (Å²) in [6.07, 6.45) is 14.1. The number of fused-ring (bicyclic) bond motifs is 1. The topological polar surface area (TPSA) is 32.3 Å². The highest BCUT2D eigenvalue weighted by Gasteiger charge is 2.45. The molecule has 39 heavy (non-hydrogen) atoms. The van der Waals surface area contributed by atoms with Gasteiger partial charge in [-0.05, 0) is 91.2 Å². The average molecular weight is 516 g/mol. The predicted molar refractivity (Wildman–Crippen MR) is 166 cm³/mol. The number of allylic oxidation sites excluding steroid dienone is 7. The highest BCUT2D eigenvalue weighted by Crippen LogP contribution is 2.48. The first kappa shape index (κ1) is 28.4. The van der Waals surface area contributed by atoms with Gasteiger partial charge in [-0.15, -0.1) is 0 Å². The fraction of sp³-hybridized carbons (Fsp3) is 0.297. The van der Waals surface area contributed by atoms with Crippen molar-refractivity contribution in [2.45, 2.75) is 58.0 Å². The van der Waals surface area contributed by atoms with Crippen molar-refractivity contribution in [3.63, 3.8) is 0 Å². The second kappa shape index (κ2) is 12.5. The van der Waals surface area contributed by atoms with Gasteiger partial charge in [-0.2, -0.15) is 0 Å². The molecule has 2 heteroatoms. The molecule has 2 aromatic rings. The fourth-order valence-corrected chi connectivity index (χ4v) is 5.48. The number of nitrogens with one attached hydrogen (secondary N) is 1. The van der Waals surface area contributed by atoms with Crippen molar-refractivity contribution < 1.29 is 5.11 Å². The number of hydrogen-bond acceptors (Lipinski definition) is 2. The van der Waals surface area contributed by atoms with Gasteiger partial charge in [-0.3, -0.25) is 0 Å². The van der Waals surface area contributed by atoms with Crippen LogP contribution in [0.1, 0.15) is 67.7 Å². The van der Waals surface area contributed by atoms with Crippen LogP contribution in [0.25, 0.3) is 6.08 Å². The van der Waals surface area contributed by atoms with Crippen molar-refractivity contribution in [3.8, 4) is 0 Å². The van der Waals surface area contributed by atoms with Crippen LogP contribution in [-0.4, -0.2) is 24.3 Å². The molecule has 2 aliphatic carbocycles. The van der Waals surface area contributed by atoms with Crippen LogP contribution in [0, 0.1) is 6.92 Å². The van der Waals surface area contributed by atoms with Gasteiger partial charge in [-0.1, -0.05) is 116 Å². The van der Waals surface area contributed by atoms with E-state index in [1.807, 2.05) is 38.2 Å². The lowest BCUT2D eigenvalue weighted by Gasteiger charge is -2.41. The van der Waals surface area contributed by atoms with E-state index in [1.165, 1.54) is 11.1 Å². The molecular weight excluding hydrogens is 474 g/mol. The zero-order valence-corrected chi connectivity index (χ0v) is 24.0. The zero-order valence-electron chi connectivity index (χ0n) is 24.0. The van der Waals surface area contributed by atoms with Gasteiger partial charge < -0.3 is 10.4 Å². The second-order valence-electron chi connectivity index (χ2n) is 11.0. The molecule has 0 saturated carbocycles. The van der Waals surface area contributed by atoms with Crippen LogP contribution in [-0.2, 0) is 0 Å². The summed E-state index contributed by atoms with van der Waals surface area (Å²) >= 11 is 0. The summed E-state index contributed by atoms with van der Waals surface area (Å²) < 4.78 is 0. The third-order valence-electron chi connectivity index (χ3n) is 7.76. The van der Waals surface area contributed by atoms with Crippen LogP contribution >= 0.6 is 0 Å². The fourth-order valence-electron chi connectivity index (χ4n) is 5.48. The van der Waals surface area contributed by atoms with Crippen LogP contribution in [0.5, 0.6) is 0 Å². The van der Waals surface area contributed by atoms with Gasteiger partial charge in [0.2, 0.25) is 0 Å². The molecule has 0 fully saturated rings. The SMILES string of the molecule is C=C(C)/C(=C\c1cc(C(C)C)ccc1C)C(c1ccccc1)[C@@](O)(CCNC)C1=C=C=CC2=CCC=CC=C12. The lowest BCUT2D eigenvalue weighted by atomic mass is 9.67. The van der Waals surface area contributed by atoms with Gasteiger partial charge in [0.05, 0.1) is 0 Å². The van der Waals surface area contributed by atoms with E-state index in [-0.39, 0.29) is 5.92 Å². The highest BCUT2D eigenvalue weighted by molar-refractivity contribution is 5.67. The minimum absolute atomic E-state index is 0.372. The minimum atomic E-state index is -1.27. The van der Waals surface area contributed by atoms with E-state index >= 15 is 0 Å². The number of rotatable bonds is 10. The molecule has 0 radical (unpaired) electrons. The quantitative estimate of drug-likeness (QED) is 0.247. The van der Waals surface area contributed by atoms with Crippen molar-refractivity contribution in [3.05, 3.63) is 147 Å². The number of benzene rings is 2. The number of hydrogen-bond donors (Lipinski definition) is 2. The molecule has 0 spiro atoms. The molecule has 0 saturated heterocycles. The maximum Gasteiger partial charge on any atom is 0.110 e. The zero-order chi connectivity index (χ0) is 28.0. The summed E-state index contributed by atoms with van der Waals surface area (Å²) in [6.45, 7) is 13.7. The van der Waals surface area contributed by atoms with Crippen molar-refractivity contribution >= 4 is 6.08 Å².